The Kier molecular flexibility index (Phi) is 3.97. The van der Waals surface area contributed by atoms with E-state index in [1.165, 1.54) is 0 Å². The Hall–Kier alpha value is -1.81. The molecule has 0 amide bonds. The molecule has 0 aliphatic heterocycles. The third-order valence-electron chi connectivity index (χ3n) is 3.03. The lowest BCUT2D eigenvalue weighted by Crippen LogP contribution is -1.96. The average molecular weight is 320 g/mol. The molecule has 0 saturated carbocycles. The van der Waals surface area contributed by atoms with Crippen LogP contribution in [-0.2, 0) is 6.61 Å². The molecule has 0 saturated heterocycles. The molecule has 0 unspecified atom stereocenters. The molecule has 21 heavy (non-hydrogen) atoms. The van der Waals surface area contributed by atoms with Gasteiger partial charge in [0.1, 0.15) is 5.75 Å². The number of ether oxygens (including phenoxy) is 1. The van der Waals surface area contributed by atoms with Gasteiger partial charge in [-0.25, -0.2) is 4.98 Å². The maximum absolute atomic E-state index is 9.50. The summed E-state index contributed by atoms with van der Waals surface area (Å²) in [6.07, 6.45) is 0. The molecule has 0 aliphatic carbocycles. The Labute approximate surface area is 131 Å². The Morgan fingerprint density at radius 2 is 1.86 bits per heavy atom. The van der Waals surface area contributed by atoms with Crippen LogP contribution in [0.25, 0.3) is 10.9 Å². The SMILES string of the molecule is OCc1cc2ccccc2nc1Oc1ccc(Cl)cc1Cl. The van der Waals surface area contributed by atoms with Crippen LogP contribution in [0.3, 0.4) is 0 Å². The first kappa shape index (κ1) is 14.1. The van der Waals surface area contributed by atoms with E-state index in [4.69, 9.17) is 27.9 Å². The molecule has 0 spiro atoms. The third kappa shape index (κ3) is 2.95. The zero-order valence-electron chi connectivity index (χ0n) is 10.9. The van der Waals surface area contributed by atoms with Crippen LogP contribution in [0.5, 0.6) is 11.6 Å². The second-order valence-corrected chi connectivity index (χ2v) is 5.32. The van der Waals surface area contributed by atoms with Gasteiger partial charge in [0, 0.05) is 16.0 Å². The van der Waals surface area contributed by atoms with Crippen molar-refractivity contribution in [2.45, 2.75) is 6.61 Å². The summed E-state index contributed by atoms with van der Waals surface area (Å²) in [5.74, 6) is 0.777. The fourth-order valence-electron chi connectivity index (χ4n) is 2.01. The van der Waals surface area contributed by atoms with Crippen molar-refractivity contribution in [1.29, 1.82) is 0 Å². The lowest BCUT2D eigenvalue weighted by Gasteiger charge is -2.11. The normalized spacial score (nSPS) is 10.8. The second kappa shape index (κ2) is 5.90. The molecule has 0 bridgehead atoms. The monoisotopic (exact) mass is 319 g/mol. The number of hydrogen-bond donors (Lipinski definition) is 1. The molecule has 0 aliphatic rings. The smallest absolute Gasteiger partial charge is 0.225 e. The molecule has 0 radical (unpaired) electrons. The van der Waals surface area contributed by atoms with E-state index in [1.807, 2.05) is 30.3 Å². The predicted molar refractivity (Wildman–Crippen MR) is 84.2 cm³/mol. The van der Waals surface area contributed by atoms with Crippen LogP contribution >= 0.6 is 23.2 Å². The van der Waals surface area contributed by atoms with Crippen LogP contribution in [0.1, 0.15) is 5.56 Å². The summed E-state index contributed by atoms with van der Waals surface area (Å²) in [6.45, 7) is -0.168. The minimum Gasteiger partial charge on any atom is -0.437 e. The van der Waals surface area contributed by atoms with Gasteiger partial charge in [-0.05, 0) is 30.3 Å². The molecule has 1 N–H and O–H groups in total. The highest BCUT2D eigenvalue weighted by Gasteiger charge is 2.11. The van der Waals surface area contributed by atoms with Gasteiger partial charge in [0.2, 0.25) is 5.88 Å². The number of rotatable bonds is 3. The van der Waals surface area contributed by atoms with E-state index in [9.17, 15) is 5.11 Å². The first-order valence-electron chi connectivity index (χ1n) is 6.30. The van der Waals surface area contributed by atoms with Gasteiger partial charge in [0.25, 0.3) is 0 Å². The molecule has 2 aromatic carbocycles. The van der Waals surface area contributed by atoms with Crippen molar-refractivity contribution in [3.8, 4) is 11.6 Å². The van der Waals surface area contributed by atoms with Gasteiger partial charge in [-0.15, -0.1) is 0 Å². The fourth-order valence-corrected chi connectivity index (χ4v) is 2.45. The van der Waals surface area contributed by atoms with E-state index in [1.54, 1.807) is 18.2 Å². The van der Waals surface area contributed by atoms with Gasteiger partial charge in [0.05, 0.1) is 17.1 Å². The predicted octanol–water partition coefficient (Wildman–Crippen LogP) is 4.83. The lowest BCUT2D eigenvalue weighted by molar-refractivity contribution is 0.275. The van der Waals surface area contributed by atoms with Gasteiger partial charge in [-0.1, -0.05) is 41.4 Å². The summed E-state index contributed by atoms with van der Waals surface area (Å²) in [6, 6.07) is 14.4. The van der Waals surface area contributed by atoms with Crippen LogP contribution in [0.4, 0.5) is 0 Å². The van der Waals surface area contributed by atoms with Gasteiger partial charge in [-0.3, -0.25) is 0 Å². The Morgan fingerprint density at radius 3 is 2.62 bits per heavy atom. The van der Waals surface area contributed by atoms with Crippen LogP contribution in [0.15, 0.2) is 48.5 Å². The van der Waals surface area contributed by atoms with E-state index in [-0.39, 0.29) is 6.61 Å². The fraction of sp³-hybridized carbons (Fsp3) is 0.0625. The Morgan fingerprint density at radius 1 is 1.05 bits per heavy atom. The zero-order chi connectivity index (χ0) is 14.8. The van der Waals surface area contributed by atoms with E-state index >= 15 is 0 Å². The molecular formula is C16H11Cl2NO2. The first-order chi connectivity index (χ1) is 10.2. The highest BCUT2D eigenvalue weighted by molar-refractivity contribution is 6.35. The van der Waals surface area contributed by atoms with Crippen LogP contribution in [-0.4, -0.2) is 10.1 Å². The number of aliphatic hydroxyl groups excluding tert-OH is 1. The molecule has 106 valence electrons. The number of fused-ring (bicyclic) bond motifs is 1. The average Bonchev–Trinajstić information content (AvgIpc) is 2.49. The minimum atomic E-state index is -0.168. The number of aliphatic hydroxyl groups is 1. The maximum atomic E-state index is 9.50. The largest absolute Gasteiger partial charge is 0.437 e. The van der Waals surface area contributed by atoms with Crippen LogP contribution < -0.4 is 4.74 Å². The lowest BCUT2D eigenvalue weighted by atomic mass is 10.1. The Bertz CT molecular complexity index is 805. The van der Waals surface area contributed by atoms with Crippen LogP contribution in [0.2, 0.25) is 10.0 Å². The number of hydrogen-bond acceptors (Lipinski definition) is 3. The topological polar surface area (TPSA) is 42.4 Å². The summed E-state index contributed by atoms with van der Waals surface area (Å²) in [4.78, 5) is 4.43. The molecule has 0 fully saturated rings. The number of pyridine rings is 1. The number of halogens is 2. The molecule has 1 heterocycles. The van der Waals surface area contributed by atoms with Crippen molar-refractivity contribution in [3.05, 3.63) is 64.1 Å². The van der Waals surface area contributed by atoms with Crippen LogP contribution in [0, 0.1) is 0 Å². The van der Waals surface area contributed by atoms with Gasteiger partial charge >= 0.3 is 0 Å². The summed E-state index contributed by atoms with van der Waals surface area (Å²) in [5, 5.41) is 11.4. The van der Waals surface area contributed by atoms with Crippen molar-refractivity contribution in [1.82, 2.24) is 4.98 Å². The molecular weight excluding hydrogens is 309 g/mol. The molecule has 3 nitrogen and oxygen atoms in total. The molecule has 3 aromatic rings. The molecule has 1 aromatic heterocycles. The second-order valence-electron chi connectivity index (χ2n) is 4.48. The maximum Gasteiger partial charge on any atom is 0.225 e. The number of para-hydroxylation sites is 1. The standard InChI is InChI=1S/C16H11Cl2NO2/c17-12-5-6-15(13(18)8-12)21-16-11(9-20)7-10-3-1-2-4-14(10)19-16/h1-8,20H,9H2. The third-order valence-corrected chi connectivity index (χ3v) is 3.56. The van der Waals surface area contributed by atoms with Crippen molar-refractivity contribution in [2.24, 2.45) is 0 Å². The minimum absolute atomic E-state index is 0.168. The zero-order valence-corrected chi connectivity index (χ0v) is 12.4. The van der Waals surface area contributed by atoms with Gasteiger partial charge < -0.3 is 9.84 Å². The van der Waals surface area contributed by atoms with Crippen molar-refractivity contribution < 1.29 is 9.84 Å². The summed E-state index contributed by atoms with van der Waals surface area (Å²) < 4.78 is 5.73. The summed E-state index contributed by atoms with van der Waals surface area (Å²) in [7, 11) is 0. The quantitative estimate of drug-likeness (QED) is 0.752. The summed E-state index contributed by atoms with van der Waals surface area (Å²) in [5.41, 5.74) is 1.38. The van der Waals surface area contributed by atoms with E-state index in [0.29, 0.717) is 27.2 Å². The highest BCUT2D eigenvalue weighted by atomic mass is 35.5. The number of benzene rings is 2. The molecule has 3 rings (SSSR count). The van der Waals surface area contributed by atoms with E-state index in [0.717, 1.165) is 10.9 Å². The van der Waals surface area contributed by atoms with E-state index < -0.39 is 0 Å². The van der Waals surface area contributed by atoms with Gasteiger partial charge in [-0.2, -0.15) is 0 Å². The number of aromatic nitrogens is 1. The Balaban J connectivity index is 2.06. The van der Waals surface area contributed by atoms with Gasteiger partial charge in [0.15, 0.2) is 0 Å². The van der Waals surface area contributed by atoms with Crippen molar-refractivity contribution >= 4 is 34.1 Å². The molecule has 5 heteroatoms. The molecule has 0 atom stereocenters. The van der Waals surface area contributed by atoms with E-state index in [2.05, 4.69) is 4.98 Å². The van der Waals surface area contributed by atoms with Crippen molar-refractivity contribution in [2.75, 3.05) is 0 Å². The summed E-state index contributed by atoms with van der Waals surface area (Å²) >= 11 is 12.0. The van der Waals surface area contributed by atoms with Crippen molar-refractivity contribution in [3.63, 3.8) is 0 Å². The highest BCUT2D eigenvalue weighted by Crippen LogP contribution is 2.33. The number of nitrogens with zero attached hydrogens (tertiary/aromatic N) is 1. The first-order valence-corrected chi connectivity index (χ1v) is 7.05.